The summed E-state index contributed by atoms with van der Waals surface area (Å²) < 4.78 is 0.521. The van der Waals surface area contributed by atoms with Gasteiger partial charge in [0.2, 0.25) is 0 Å². The first kappa shape index (κ1) is 13.0. The third-order valence-electron chi connectivity index (χ3n) is 0.850. The molecule has 9 heavy (non-hydrogen) atoms. The summed E-state index contributed by atoms with van der Waals surface area (Å²) in [6, 6.07) is 0. The van der Waals surface area contributed by atoms with Crippen LogP contribution in [0.3, 0.4) is 0 Å². The smallest absolute Gasteiger partial charge is 0.147 e. The van der Waals surface area contributed by atoms with Crippen LogP contribution in [0.15, 0.2) is 12.2 Å². The second kappa shape index (κ2) is 5.08. The number of halogens is 2. The van der Waals surface area contributed by atoms with Gasteiger partial charge in [-0.25, -0.2) is 0 Å². The Kier molecular flexibility index (Phi) is 7.34. The Morgan fingerprint density at radius 1 is 1.44 bits per heavy atom. The van der Waals surface area contributed by atoms with Crippen LogP contribution in [0.4, 0.5) is 0 Å². The first-order chi connectivity index (χ1) is 3.21. The maximum absolute atomic E-state index is 2.27. The Hall–Kier alpha value is 1.37. The van der Waals surface area contributed by atoms with Gasteiger partial charge in [0.1, 0.15) is 0 Å². The summed E-state index contributed by atoms with van der Waals surface area (Å²) in [6.07, 6.45) is 4.42. The van der Waals surface area contributed by atoms with E-state index in [1.54, 1.807) is 24.7 Å². The van der Waals surface area contributed by atoms with Gasteiger partial charge in [-0.1, -0.05) is 0 Å². The van der Waals surface area contributed by atoms with E-state index in [1.807, 2.05) is 0 Å². The van der Waals surface area contributed by atoms with Gasteiger partial charge >= 0.3 is 60.7 Å². The molecule has 0 N–H and O–H groups in total. The van der Waals surface area contributed by atoms with Crippen molar-refractivity contribution in [1.29, 1.82) is 0 Å². The zero-order valence-electron chi connectivity index (χ0n) is 5.00. The minimum atomic E-state index is 0. The molecule has 0 radical (unpaired) electrons. The predicted molar refractivity (Wildman–Crippen MR) is 45.0 cm³/mol. The first-order valence-corrected chi connectivity index (χ1v) is 4.38. The fraction of sp³-hybridized carbons (Fsp3) is 0.400. The Morgan fingerprint density at radius 3 is 2.11 bits per heavy atom. The summed E-state index contributed by atoms with van der Waals surface area (Å²) in [5, 5.41) is 0. The molecule has 0 nitrogen and oxygen atoms in total. The van der Waals surface area contributed by atoms with Gasteiger partial charge in [0.25, 0.3) is 0 Å². The monoisotopic (exact) mass is 259 g/mol. The summed E-state index contributed by atoms with van der Waals surface area (Å²) in [4.78, 5) is 0. The van der Waals surface area contributed by atoms with E-state index in [0.29, 0.717) is 2.86 Å². The minimum Gasteiger partial charge on any atom is -0.147 e. The van der Waals surface area contributed by atoms with Gasteiger partial charge in [0.15, 0.2) is 0 Å². The van der Waals surface area contributed by atoms with Crippen LogP contribution in [0, 0.1) is 0 Å². The molecule has 0 aliphatic carbocycles. The molecule has 0 fully saturated rings. The summed E-state index contributed by atoms with van der Waals surface area (Å²) in [5.41, 5.74) is 0. The van der Waals surface area contributed by atoms with Crippen molar-refractivity contribution >= 4 is 38.8 Å². The number of hydrogen-bond acceptors (Lipinski definition) is 0. The van der Waals surface area contributed by atoms with Crippen molar-refractivity contribution in [2.24, 2.45) is 0 Å². The van der Waals surface area contributed by atoms with Gasteiger partial charge in [0, 0.05) is 0 Å². The molecule has 1 unspecified atom stereocenters. The van der Waals surface area contributed by atoms with Gasteiger partial charge in [-0.05, 0) is 0 Å². The van der Waals surface area contributed by atoms with E-state index in [0.717, 1.165) is 0 Å². The molecule has 1 aliphatic rings. The van der Waals surface area contributed by atoms with Crippen molar-refractivity contribution in [3.8, 4) is 0 Å². The number of hydrogen-bond donors (Lipinski definition) is 0. The Balaban J connectivity index is 0. The summed E-state index contributed by atoms with van der Waals surface area (Å²) in [7, 11) is 1.47. The third kappa shape index (κ3) is 4.74. The van der Waals surface area contributed by atoms with Gasteiger partial charge in [-0.15, -0.1) is 24.8 Å². The van der Waals surface area contributed by atoms with Gasteiger partial charge in [-0.3, -0.25) is 0 Å². The molecular formula is C5H8Cl2PZr. The van der Waals surface area contributed by atoms with Gasteiger partial charge < -0.3 is 0 Å². The molecule has 0 aromatic heterocycles. The SMILES string of the molecule is C[C]1([Zr])C=CC=P1.Cl.Cl. The van der Waals surface area contributed by atoms with E-state index >= 15 is 0 Å². The summed E-state index contributed by atoms with van der Waals surface area (Å²) >= 11 is 1.62. The molecule has 0 spiro atoms. The average Bonchev–Trinajstić information content (AvgIpc) is 1.84. The molecule has 0 aromatic carbocycles. The van der Waals surface area contributed by atoms with Crippen LogP contribution in [0.2, 0.25) is 0 Å². The fourth-order valence-electron chi connectivity index (χ4n) is 0.471. The van der Waals surface area contributed by atoms with Crippen molar-refractivity contribution < 1.29 is 24.7 Å². The molecule has 0 saturated heterocycles. The molecule has 0 bridgehead atoms. The Bertz CT molecular complexity index is 117. The van der Waals surface area contributed by atoms with E-state index in [9.17, 15) is 0 Å². The molecule has 1 atom stereocenters. The zero-order chi connectivity index (χ0) is 5.33. The Labute approximate surface area is 85.0 Å². The topological polar surface area (TPSA) is 0 Å². The molecule has 0 amide bonds. The predicted octanol–water partition coefficient (Wildman–Crippen LogP) is 2.41. The molecule has 0 aromatic rings. The van der Waals surface area contributed by atoms with Crippen molar-refractivity contribution in [1.82, 2.24) is 0 Å². The van der Waals surface area contributed by atoms with Gasteiger partial charge in [0.05, 0.1) is 0 Å². The van der Waals surface area contributed by atoms with Crippen LogP contribution < -0.4 is 0 Å². The van der Waals surface area contributed by atoms with E-state index in [-0.39, 0.29) is 24.8 Å². The summed E-state index contributed by atoms with van der Waals surface area (Å²) in [6.45, 7) is 2.27. The van der Waals surface area contributed by atoms with Crippen LogP contribution >= 0.6 is 33.0 Å². The first-order valence-electron chi connectivity index (χ1n) is 2.19. The van der Waals surface area contributed by atoms with E-state index in [1.165, 1.54) is 8.20 Å². The Morgan fingerprint density at radius 2 is 2.00 bits per heavy atom. The maximum atomic E-state index is 2.27. The molecular weight excluding hydrogens is 253 g/mol. The van der Waals surface area contributed by atoms with Crippen molar-refractivity contribution in [2.75, 3.05) is 0 Å². The minimum absolute atomic E-state index is 0. The zero-order valence-corrected chi connectivity index (χ0v) is 9.98. The molecule has 4 heteroatoms. The van der Waals surface area contributed by atoms with Crippen LogP contribution in [0.25, 0.3) is 0 Å². The van der Waals surface area contributed by atoms with Crippen LogP contribution in [0.1, 0.15) is 6.92 Å². The van der Waals surface area contributed by atoms with Crippen LogP contribution in [0.5, 0.6) is 0 Å². The molecule has 51 valence electrons. The average molecular weight is 261 g/mol. The van der Waals surface area contributed by atoms with Crippen LogP contribution in [-0.2, 0) is 24.7 Å². The van der Waals surface area contributed by atoms with Crippen LogP contribution in [-0.4, -0.2) is 8.66 Å². The van der Waals surface area contributed by atoms with Gasteiger partial charge in [-0.2, -0.15) is 0 Å². The van der Waals surface area contributed by atoms with E-state index in [4.69, 9.17) is 0 Å². The standard InChI is InChI=1S/C5H6P.2ClH.Zr/c1-5-3-2-4-6-5;;;/h2-4H,1H3;2*1H;. The normalized spacial score (nSPS) is 30.7. The fourth-order valence-corrected chi connectivity index (χ4v) is 1.91. The maximum Gasteiger partial charge on any atom is -0.147 e. The molecule has 0 saturated carbocycles. The number of allylic oxidation sites excluding steroid dienone is 2. The van der Waals surface area contributed by atoms with Crippen molar-refractivity contribution in [3.63, 3.8) is 0 Å². The quantitative estimate of drug-likeness (QED) is 0.587. The van der Waals surface area contributed by atoms with Crippen molar-refractivity contribution in [3.05, 3.63) is 12.2 Å². The van der Waals surface area contributed by atoms with E-state index in [2.05, 4.69) is 24.9 Å². The molecule has 1 aliphatic heterocycles. The largest absolute Gasteiger partial charge is 0.147 e. The van der Waals surface area contributed by atoms with Crippen molar-refractivity contribution in [2.45, 2.75) is 9.79 Å². The second-order valence-electron chi connectivity index (χ2n) is 1.78. The molecule has 1 heterocycles. The third-order valence-corrected chi connectivity index (χ3v) is 3.22. The molecule has 1 rings (SSSR count). The van der Waals surface area contributed by atoms with E-state index < -0.39 is 0 Å². The second-order valence-corrected chi connectivity index (χ2v) is 6.86. The summed E-state index contributed by atoms with van der Waals surface area (Å²) in [5.74, 6) is 2.20. The number of rotatable bonds is 0.